The van der Waals surface area contributed by atoms with Crippen LogP contribution in [-0.4, -0.2) is 20.7 Å². The van der Waals surface area contributed by atoms with E-state index in [0.29, 0.717) is 23.5 Å². The molecule has 0 unspecified atom stereocenters. The lowest BCUT2D eigenvalue weighted by Gasteiger charge is -2.28. The first-order chi connectivity index (χ1) is 8.39. The van der Waals surface area contributed by atoms with E-state index in [1.54, 1.807) is 0 Å². The van der Waals surface area contributed by atoms with Crippen molar-refractivity contribution < 1.29 is 8.78 Å². The third-order valence-corrected chi connectivity index (χ3v) is 3.73. The van der Waals surface area contributed by atoms with Crippen LogP contribution >= 0.6 is 12.2 Å². The Morgan fingerprint density at radius 3 is 2.61 bits per heavy atom. The highest BCUT2D eigenvalue weighted by atomic mass is 32.1. The molecule has 0 aliphatic heterocycles. The second-order valence-electron chi connectivity index (χ2n) is 5.52. The molecule has 0 atom stereocenters. The zero-order valence-corrected chi connectivity index (χ0v) is 11.6. The number of aromatic nitrogens is 3. The van der Waals surface area contributed by atoms with E-state index >= 15 is 0 Å². The topological polar surface area (TPSA) is 33.6 Å². The molecule has 1 aliphatic carbocycles. The molecular formula is C12H19F2N3S. The Hall–Kier alpha value is -0.780. The molecular weight excluding hydrogens is 256 g/mol. The van der Waals surface area contributed by atoms with Crippen LogP contribution in [0.1, 0.15) is 51.3 Å². The number of alkyl halides is 2. The average Bonchev–Trinajstić information content (AvgIpc) is 2.60. The van der Waals surface area contributed by atoms with Crippen LogP contribution in [0.3, 0.4) is 0 Å². The largest absolute Gasteiger partial charge is 0.304 e. The van der Waals surface area contributed by atoms with Gasteiger partial charge < -0.3 is 4.57 Å². The Balaban J connectivity index is 2.17. The molecule has 18 heavy (non-hydrogen) atoms. The van der Waals surface area contributed by atoms with Crippen LogP contribution in [0.4, 0.5) is 8.78 Å². The number of halogens is 2. The first kappa shape index (κ1) is 13.6. The van der Waals surface area contributed by atoms with E-state index in [4.69, 9.17) is 12.2 Å². The SMILES string of the molecule is CC(C)Cn1c(C2CCC(F)(F)CC2)n[nH]c1=S. The summed E-state index contributed by atoms with van der Waals surface area (Å²) in [6, 6.07) is 0. The van der Waals surface area contributed by atoms with Crippen molar-refractivity contribution in [3.05, 3.63) is 10.6 Å². The molecule has 0 radical (unpaired) electrons. The van der Waals surface area contributed by atoms with Crippen LogP contribution in [0.2, 0.25) is 0 Å². The molecule has 1 aromatic heterocycles. The zero-order valence-electron chi connectivity index (χ0n) is 10.7. The molecule has 3 nitrogen and oxygen atoms in total. The van der Waals surface area contributed by atoms with E-state index in [-0.39, 0.29) is 18.8 Å². The van der Waals surface area contributed by atoms with Gasteiger partial charge in [-0.3, -0.25) is 5.10 Å². The fourth-order valence-corrected chi connectivity index (χ4v) is 2.70. The van der Waals surface area contributed by atoms with Crippen LogP contribution in [0, 0.1) is 10.7 Å². The molecule has 0 saturated heterocycles. The van der Waals surface area contributed by atoms with Gasteiger partial charge in [0.2, 0.25) is 5.92 Å². The average molecular weight is 275 g/mol. The summed E-state index contributed by atoms with van der Waals surface area (Å²) in [7, 11) is 0. The first-order valence-corrected chi connectivity index (χ1v) is 6.83. The number of nitrogens with one attached hydrogen (secondary N) is 1. The summed E-state index contributed by atoms with van der Waals surface area (Å²) in [5.74, 6) is -1.08. The molecule has 0 bridgehead atoms. The summed E-state index contributed by atoms with van der Waals surface area (Å²) in [6.07, 6.45) is 0.896. The standard InChI is InChI=1S/C12H19F2N3S/c1-8(2)7-17-10(15-16-11(17)18)9-3-5-12(13,14)6-4-9/h8-9H,3-7H2,1-2H3,(H,16,18). The molecule has 1 aliphatic rings. The summed E-state index contributed by atoms with van der Waals surface area (Å²) in [4.78, 5) is 0. The first-order valence-electron chi connectivity index (χ1n) is 6.42. The van der Waals surface area contributed by atoms with E-state index in [1.165, 1.54) is 0 Å². The summed E-state index contributed by atoms with van der Waals surface area (Å²) >= 11 is 5.20. The normalized spacial score (nSPS) is 20.5. The lowest BCUT2D eigenvalue weighted by Crippen LogP contribution is -2.25. The maximum atomic E-state index is 13.2. The Morgan fingerprint density at radius 2 is 2.06 bits per heavy atom. The summed E-state index contributed by atoms with van der Waals surface area (Å²) < 4.78 is 28.9. The highest BCUT2D eigenvalue weighted by Crippen LogP contribution is 2.40. The predicted octanol–water partition coefficient (Wildman–Crippen LogP) is 3.89. The molecule has 0 aromatic carbocycles. The predicted molar refractivity (Wildman–Crippen MR) is 68.4 cm³/mol. The minimum atomic E-state index is -2.49. The van der Waals surface area contributed by atoms with Crippen LogP contribution in [0.5, 0.6) is 0 Å². The van der Waals surface area contributed by atoms with Crippen molar-refractivity contribution in [2.75, 3.05) is 0 Å². The van der Waals surface area contributed by atoms with Gasteiger partial charge in [0.25, 0.3) is 0 Å². The van der Waals surface area contributed by atoms with E-state index in [2.05, 4.69) is 24.0 Å². The highest BCUT2D eigenvalue weighted by molar-refractivity contribution is 7.71. The third-order valence-electron chi connectivity index (χ3n) is 3.42. The van der Waals surface area contributed by atoms with Gasteiger partial charge in [-0.15, -0.1) is 0 Å². The Labute approximate surface area is 111 Å². The van der Waals surface area contributed by atoms with Crippen molar-refractivity contribution in [2.24, 2.45) is 5.92 Å². The fraction of sp³-hybridized carbons (Fsp3) is 0.833. The zero-order chi connectivity index (χ0) is 13.3. The highest BCUT2D eigenvalue weighted by Gasteiger charge is 2.36. The summed E-state index contributed by atoms with van der Waals surface area (Å²) in [5.41, 5.74) is 0. The van der Waals surface area contributed by atoms with Gasteiger partial charge in [0.15, 0.2) is 4.77 Å². The Kier molecular flexibility index (Phi) is 3.84. The molecule has 2 rings (SSSR count). The molecule has 0 spiro atoms. The van der Waals surface area contributed by atoms with Crippen molar-refractivity contribution in [3.8, 4) is 0 Å². The van der Waals surface area contributed by atoms with Gasteiger partial charge in [-0.1, -0.05) is 13.8 Å². The third kappa shape index (κ3) is 2.96. The van der Waals surface area contributed by atoms with Crippen LogP contribution in [-0.2, 0) is 6.54 Å². The van der Waals surface area contributed by atoms with Gasteiger partial charge in [-0.25, -0.2) is 8.78 Å². The fourth-order valence-electron chi connectivity index (χ4n) is 2.48. The minimum Gasteiger partial charge on any atom is -0.304 e. The second kappa shape index (κ2) is 5.07. The molecule has 1 aromatic rings. The minimum absolute atomic E-state index is 0.0427. The van der Waals surface area contributed by atoms with Gasteiger partial charge in [0.05, 0.1) is 0 Å². The van der Waals surface area contributed by atoms with Crippen LogP contribution in [0.25, 0.3) is 0 Å². The lowest BCUT2D eigenvalue weighted by molar-refractivity contribution is -0.0390. The number of hydrogen-bond donors (Lipinski definition) is 1. The molecule has 0 amide bonds. The smallest absolute Gasteiger partial charge is 0.248 e. The molecule has 1 saturated carbocycles. The van der Waals surface area contributed by atoms with E-state index in [9.17, 15) is 8.78 Å². The van der Waals surface area contributed by atoms with Gasteiger partial charge in [-0.05, 0) is 31.0 Å². The van der Waals surface area contributed by atoms with E-state index in [0.717, 1.165) is 12.4 Å². The molecule has 1 heterocycles. The Morgan fingerprint density at radius 1 is 1.44 bits per heavy atom. The van der Waals surface area contributed by atoms with Gasteiger partial charge >= 0.3 is 0 Å². The lowest BCUT2D eigenvalue weighted by atomic mass is 9.86. The van der Waals surface area contributed by atoms with Gasteiger partial charge in [0.1, 0.15) is 5.82 Å². The van der Waals surface area contributed by atoms with Gasteiger partial charge in [-0.2, -0.15) is 5.10 Å². The van der Waals surface area contributed by atoms with Crippen molar-refractivity contribution in [3.63, 3.8) is 0 Å². The summed E-state index contributed by atoms with van der Waals surface area (Å²) in [6.45, 7) is 5.00. The molecule has 1 fully saturated rings. The number of H-pyrrole nitrogens is 1. The van der Waals surface area contributed by atoms with Crippen LogP contribution in [0.15, 0.2) is 0 Å². The van der Waals surface area contributed by atoms with Crippen molar-refractivity contribution >= 4 is 12.2 Å². The maximum absolute atomic E-state index is 13.2. The number of nitrogens with zero attached hydrogens (tertiary/aromatic N) is 2. The van der Waals surface area contributed by atoms with E-state index < -0.39 is 5.92 Å². The van der Waals surface area contributed by atoms with Crippen molar-refractivity contribution in [1.29, 1.82) is 0 Å². The van der Waals surface area contributed by atoms with Gasteiger partial charge in [0, 0.05) is 25.3 Å². The second-order valence-corrected chi connectivity index (χ2v) is 5.91. The van der Waals surface area contributed by atoms with E-state index in [1.807, 2.05) is 4.57 Å². The van der Waals surface area contributed by atoms with Crippen LogP contribution < -0.4 is 0 Å². The Bertz CT molecular complexity index is 454. The van der Waals surface area contributed by atoms with Crippen molar-refractivity contribution in [1.82, 2.24) is 14.8 Å². The quantitative estimate of drug-likeness (QED) is 0.849. The van der Waals surface area contributed by atoms with Crippen molar-refractivity contribution in [2.45, 2.75) is 57.9 Å². The summed E-state index contributed by atoms with van der Waals surface area (Å²) in [5, 5.41) is 7.03. The maximum Gasteiger partial charge on any atom is 0.248 e. The molecule has 1 N–H and O–H groups in total. The number of hydrogen-bond acceptors (Lipinski definition) is 2. The monoisotopic (exact) mass is 275 g/mol. The number of rotatable bonds is 3. The molecule has 102 valence electrons. The number of aromatic amines is 1. The molecule has 6 heteroatoms.